The van der Waals surface area contributed by atoms with E-state index >= 15 is 0 Å². The number of ether oxygens (including phenoxy) is 1. The topological polar surface area (TPSA) is 86.3 Å². The Balaban J connectivity index is 1.94. The van der Waals surface area contributed by atoms with Crippen LogP contribution in [0.25, 0.3) is 17.3 Å². The molecule has 8 heteroatoms. The van der Waals surface area contributed by atoms with Crippen LogP contribution in [0.3, 0.4) is 0 Å². The van der Waals surface area contributed by atoms with Crippen LogP contribution in [0, 0.1) is 0 Å². The zero-order valence-electron chi connectivity index (χ0n) is 14.2. The van der Waals surface area contributed by atoms with E-state index in [2.05, 4.69) is 15.1 Å². The molecule has 0 fully saturated rings. The Morgan fingerprint density at radius 2 is 2.20 bits per heavy atom. The molecule has 128 valence electrons. The molecule has 1 aliphatic heterocycles. The fourth-order valence-electron chi connectivity index (χ4n) is 3.00. The van der Waals surface area contributed by atoms with Gasteiger partial charge in [-0.05, 0) is 12.1 Å². The quantitative estimate of drug-likeness (QED) is 0.726. The second-order valence-corrected chi connectivity index (χ2v) is 5.79. The van der Waals surface area contributed by atoms with Crippen molar-refractivity contribution in [2.75, 3.05) is 14.2 Å². The van der Waals surface area contributed by atoms with Gasteiger partial charge in [0.05, 0.1) is 25.0 Å². The molecule has 0 saturated carbocycles. The minimum absolute atomic E-state index is 0.109. The maximum Gasteiger partial charge on any atom is 0.278 e. The van der Waals surface area contributed by atoms with Crippen molar-refractivity contribution in [3.05, 3.63) is 41.6 Å². The van der Waals surface area contributed by atoms with Crippen molar-refractivity contribution in [1.82, 2.24) is 24.6 Å². The first kappa shape index (κ1) is 15.4. The van der Waals surface area contributed by atoms with Crippen LogP contribution in [0.4, 0.5) is 0 Å². The predicted molar refractivity (Wildman–Crippen MR) is 88.6 cm³/mol. The normalized spacial score (nSPS) is 13.4. The number of carbonyl (C=O) groups excluding carboxylic acids is 1. The van der Waals surface area contributed by atoms with Gasteiger partial charge in [0.1, 0.15) is 17.6 Å². The van der Waals surface area contributed by atoms with Crippen molar-refractivity contribution < 1.29 is 14.1 Å². The number of aryl methyl sites for hydroxylation is 1. The lowest BCUT2D eigenvalue weighted by atomic mass is 10.1. The van der Waals surface area contributed by atoms with Gasteiger partial charge in [-0.15, -0.1) is 0 Å². The summed E-state index contributed by atoms with van der Waals surface area (Å²) in [4.78, 5) is 23.3. The molecule has 0 bridgehead atoms. The van der Waals surface area contributed by atoms with Gasteiger partial charge in [-0.2, -0.15) is 4.98 Å². The molecule has 0 radical (unpaired) electrons. The summed E-state index contributed by atoms with van der Waals surface area (Å²) >= 11 is 0. The van der Waals surface area contributed by atoms with E-state index in [4.69, 9.17) is 9.26 Å². The molecule has 8 nitrogen and oxygen atoms in total. The summed E-state index contributed by atoms with van der Waals surface area (Å²) in [6.45, 7) is 2.33. The van der Waals surface area contributed by atoms with Gasteiger partial charge in [0, 0.05) is 13.5 Å². The number of imidazole rings is 1. The van der Waals surface area contributed by atoms with Crippen LogP contribution in [0.2, 0.25) is 0 Å². The molecule has 0 unspecified atom stereocenters. The summed E-state index contributed by atoms with van der Waals surface area (Å²) in [5, 5.41) is 3.93. The van der Waals surface area contributed by atoms with Crippen LogP contribution < -0.4 is 4.74 Å². The molecule has 2 aromatic heterocycles. The van der Waals surface area contributed by atoms with Crippen LogP contribution in [-0.2, 0) is 13.0 Å². The van der Waals surface area contributed by atoms with Crippen molar-refractivity contribution in [2.24, 2.45) is 0 Å². The fraction of sp³-hybridized carbons (Fsp3) is 0.294. The third-order valence-electron chi connectivity index (χ3n) is 4.28. The minimum Gasteiger partial charge on any atom is -0.496 e. The van der Waals surface area contributed by atoms with Gasteiger partial charge in [0.2, 0.25) is 0 Å². The number of amides is 1. The standard InChI is InChI=1S/C17H17N5O3/c1-4-13-19-16(25-20-13)15-11-8-21(2)17(23)14-10(22(11)9-18-15)6-5-7-12(14)24-3/h5-7,9H,4,8H2,1-3H3. The first-order valence-corrected chi connectivity index (χ1v) is 7.96. The Labute approximate surface area is 144 Å². The molecule has 1 amide bonds. The zero-order chi connectivity index (χ0) is 17.6. The van der Waals surface area contributed by atoms with E-state index in [1.165, 1.54) is 0 Å². The third kappa shape index (κ3) is 2.29. The number of carbonyl (C=O) groups is 1. The van der Waals surface area contributed by atoms with Crippen molar-refractivity contribution >= 4 is 5.91 Å². The number of hydrogen-bond donors (Lipinski definition) is 0. The van der Waals surface area contributed by atoms with Crippen molar-refractivity contribution in [3.63, 3.8) is 0 Å². The average molecular weight is 339 g/mol. The zero-order valence-corrected chi connectivity index (χ0v) is 14.2. The fourth-order valence-corrected chi connectivity index (χ4v) is 3.00. The Morgan fingerprint density at radius 1 is 1.36 bits per heavy atom. The first-order valence-electron chi connectivity index (χ1n) is 7.96. The van der Waals surface area contributed by atoms with E-state index < -0.39 is 0 Å². The Kier molecular flexibility index (Phi) is 3.52. The Morgan fingerprint density at radius 3 is 2.92 bits per heavy atom. The van der Waals surface area contributed by atoms with Crippen molar-refractivity contribution in [3.8, 4) is 23.0 Å². The average Bonchev–Trinajstić information content (AvgIpc) is 3.24. The van der Waals surface area contributed by atoms with E-state index in [1.807, 2.05) is 23.6 Å². The maximum absolute atomic E-state index is 12.8. The first-order chi connectivity index (χ1) is 12.1. The highest BCUT2D eigenvalue weighted by Crippen LogP contribution is 2.33. The largest absolute Gasteiger partial charge is 0.496 e. The summed E-state index contributed by atoms with van der Waals surface area (Å²) in [6.07, 6.45) is 2.35. The molecule has 0 aliphatic carbocycles. The maximum atomic E-state index is 12.8. The molecule has 0 N–H and O–H groups in total. The number of nitrogens with zero attached hydrogens (tertiary/aromatic N) is 5. The number of fused-ring (bicyclic) bond motifs is 3. The highest BCUT2D eigenvalue weighted by molar-refractivity contribution is 6.01. The number of aromatic nitrogens is 4. The lowest BCUT2D eigenvalue weighted by Crippen LogP contribution is -2.25. The molecular weight excluding hydrogens is 322 g/mol. The summed E-state index contributed by atoms with van der Waals surface area (Å²) in [7, 11) is 3.30. The Bertz CT molecular complexity index is 959. The second kappa shape index (κ2) is 5.73. The predicted octanol–water partition coefficient (Wildman–Crippen LogP) is 2.08. The summed E-state index contributed by atoms with van der Waals surface area (Å²) < 4.78 is 12.6. The van der Waals surface area contributed by atoms with Gasteiger partial charge in [-0.3, -0.25) is 9.36 Å². The Hall–Kier alpha value is -3.16. The molecule has 0 spiro atoms. The summed E-state index contributed by atoms with van der Waals surface area (Å²) in [6, 6.07) is 5.50. The van der Waals surface area contributed by atoms with Crippen LogP contribution >= 0.6 is 0 Å². The highest BCUT2D eigenvalue weighted by atomic mass is 16.5. The number of methoxy groups -OCH3 is 1. The second-order valence-electron chi connectivity index (χ2n) is 5.79. The number of hydrogen-bond acceptors (Lipinski definition) is 6. The van der Waals surface area contributed by atoms with Crippen LogP contribution in [-0.4, -0.2) is 44.7 Å². The number of benzene rings is 1. The van der Waals surface area contributed by atoms with Gasteiger partial charge < -0.3 is 14.2 Å². The van der Waals surface area contributed by atoms with Gasteiger partial charge in [-0.25, -0.2) is 4.98 Å². The van der Waals surface area contributed by atoms with E-state index in [1.54, 1.807) is 31.5 Å². The van der Waals surface area contributed by atoms with E-state index in [9.17, 15) is 4.79 Å². The lowest BCUT2D eigenvalue weighted by Gasteiger charge is -2.15. The van der Waals surface area contributed by atoms with Gasteiger partial charge in [0.25, 0.3) is 11.8 Å². The SMILES string of the molecule is CCc1noc(-c2ncn3c2CN(C)C(=O)c2c(OC)cccc2-3)n1. The van der Waals surface area contributed by atoms with E-state index in [0.29, 0.717) is 41.7 Å². The molecule has 3 heterocycles. The molecule has 3 aromatic rings. The minimum atomic E-state index is -0.109. The van der Waals surface area contributed by atoms with E-state index in [0.717, 1.165) is 11.4 Å². The molecule has 1 aromatic carbocycles. The van der Waals surface area contributed by atoms with Gasteiger partial charge in [0.15, 0.2) is 11.5 Å². The molecular formula is C17H17N5O3. The molecule has 0 saturated heterocycles. The van der Waals surface area contributed by atoms with Crippen LogP contribution in [0.15, 0.2) is 29.0 Å². The van der Waals surface area contributed by atoms with Crippen LogP contribution in [0.1, 0.15) is 28.8 Å². The molecule has 4 rings (SSSR count). The molecule has 25 heavy (non-hydrogen) atoms. The molecule has 0 atom stereocenters. The molecule has 1 aliphatic rings. The monoisotopic (exact) mass is 339 g/mol. The van der Waals surface area contributed by atoms with Crippen molar-refractivity contribution in [2.45, 2.75) is 19.9 Å². The summed E-state index contributed by atoms with van der Waals surface area (Å²) in [5.41, 5.74) is 2.63. The highest BCUT2D eigenvalue weighted by Gasteiger charge is 2.30. The van der Waals surface area contributed by atoms with E-state index in [-0.39, 0.29) is 5.91 Å². The van der Waals surface area contributed by atoms with Gasteiger partial charge in [-0.1, -0.05) is 18.1 Å². The smallest absolute Gasteiger partial charge is 0.278 e. The van der Waals surface area contributed by atoms with Crippen molar-refractivity contribution in [1.29, 1.82) is 0 Å². The lowest BCUT2D eigenvalue weighted by molar-refractivity contribution is 0.0785. The summed E-state index contributed by atoms with van der Waals surface area (Å²) in [5.74, 6) is 1.40. The number of rotatable bonds is 3. The van der Waals surface area contributed by atoms with Gasteiger partial charge >= 0.3 is 0 Å². The van der Waals surface area contributed by atoms with Crippen LogP contribution in [0.5, 0.6) is 5.75 Å². The third-order valence-corrected chi connectivity index (χ3v) is 4.28.